The average molecular weight is 188 g/mol. The van der Waals surface area contributed by atoms with E-state index in [9.17, 15) is 18.0 Å². The molecule has 0 saturated heterocycles. The second-order valence-electron chi connectivity index (χ2n) is 2.21. The molecule has 1 rings (SSSR count). The number of hydrogen-bond donors (Lipinski definition) is 1. The van der Waals surface area contributed by atoms with Crippen LogP contribution in [0, 0.1) is 11.3 Å². The zero-order chi connectivity index (χ0) is 10.1. The van der Waals surface area contributed by atoms with Crippen LogP contribution in [-0.2, 0) is 0 Å². The van der Waals surface area contributed by atoms with Crippen molar-refractivity contribution in [3.63, 3.8) is 0 Å². The van der Waals surface area contributed by atoms with E-state index in [1.54, 1.807) is 0 Å². The molecule has 13 heavy (non-hydrogen) atoms. The first-order chi connectivity index (χ1) is 5.96. The molecule has 1 heterocycles. The Balaban J connectivity index is 3.11. The number of nitrogens with one attached hydrogen (secondary N) is 1. The number of rotatable bonds is 1. The van der Waals surface area contributed by atoms with Crippen LogP contribution in [0.3, 0.4) is 0 Å². The van der Waals surface area contributed by atoms with Crippen molar-refractivity contribution in [1.82, 2.24) is 4.98 Å². The molecule has 3 nitrogen and oxygen atoms in total. The second-order valence-corrected chi connectivity index (χ2v) is 2.21. The maximum atomic E-state index is 11.8. The SMILES string of the molecule is N#Cc1cc[nH]c1C(=O)C(F)(F)F. The van der Waals surface area contributed by atoms with Crippen LogP contribution in [0.5, 0.6) is 0 Å². The highest BCUT2D eigenvalue weighted by molar-refractivity contribution is 6.00. The first kappa shape index (κ1) is 9.32. The van der Waals surface area contributed by atoms with Gasteiger partial charge in [-0.05, 0) is 6.07 Å². The van der Waals surface area contributed by atoms with Gasteiger partial charge in [-0.25, -0.2) is 0 Å². The lowest BCUT2D eigenvalue weighted by Crippen LogP contribution is -2.23. The number of Topliss-reactive ketones (excluding diaryl/α,β-unsaturated/α-hetero) is 1. The molecule has 0 aliphatic rings. The van der Waals surface area contributed by atoms with E-state index in [1.165, 1.54) is 6.07 Å². The van der Waals surface area contributed by atoms with Crippen molar-refractivity contribution < 1.29 is 18.0 Å². The van der Waals surface area contributed by atoms with Crippen molar-refractivity contribution in [1.29, 1.82) is 5.26 Å². The van der Waals surface area contributed by atoms with Crippen LogP contribution >= 0.6 is 0 Å². The van der Waals surface area contributed by atoms with Crippen LogP contribution in [-0.4, -0.2) is 16.9 Å². The van der Waals surface area contributed by atoms with Crippen molar-refractivity contribution in [2.75, 3.05) is 0 Å². The summed E-state index contributed by atoms with van der Waals surface area (Å²) >= 11 is 0. The third kappa shape index (κ3) is 1.69. The largest absolute Gasteiger partial charge is 0.456 e. The van der Waals surface area contributed by atoms with E-state index >= 15 is 0 Å². The molecule has 0 spiro atoms. The van der Waals surface area contributed by atoms with Gasteiger partial charge < -0.3 is 4.98 Å². The van der Waals surface area contributed by atoms with Crippen LogP contribution < -0.4 is 0 Å². The van der Waals surface area contributed by atoms with Gasteiger partial charge in [0.05, 0.1) is 5.56 Å². The van der Waals surface area contributed by atoms with Gasteiger partial charge in [-0.15, -0.1) is 0 Å². The highest BCUT2D eigenvalue weighted by atomic mass is 19.4. The molecule has 0 fully saturated rings. The van der Waals surface area contributed by atoms with Crippen molar-refractivity contribution in [2.24, 2.45) is 0 Å². The van der Waals surface area contributed by atoms with E-state index in [1.807, 2.05) is 0 Å². The summed E-state index contributed by atoms with van der Waals surface area (Å²) in [6, 6.07) is 2.59. The van der Waals surface area contributed by atoms with Gasteiger partial charge in [0, 0.05) is 6.20 Å². The summed E-state index contributed by atoms with van der Waals surface area (Å²) < 4.78 is 35.5. The van der Waals surface area contributed by atoms with E-state index in [2.05, 4.69) is 4.98 Å². The summed E-state index contributed by atoms with van der Waals surface area (Å²) in [6.07, 6.45) is -3.84. The smallest absolute Gasteiger partial charge is 0.357 e. The molecule has 0 amide bonds. The summed E-state index contributed by atoms with van der Waals surface area (Å²) in [6.45, 7) is 0. The van der Waals surface area contributed by atoms with Crippen LogP contribution in [0.2, 0.25) is 0 Å². The highest BCUT2D eigenvalue weighted by Gasteiger charge is 2.41. The summed E-state index contributed by atoms with van der Waals surface area (Å²) in [5.41, 5.74) is -1.02. The number of nitriles is 1. The average Bonchev–Trinajstić information content (AvgIpc) is 2.48. The number of ketones is 1. The molecule has 0 aliphatic heterocycles. The van der Waals surface area contributed by atoms with Crippen molar-refractivity contribution in [3.05, 3.63) is 23.5 Å². The van der Waals surface area contributed by atoms with Crippen molar-refractivity contribution in [2.45, 2.75) is 6.18 Å². The zero-order valence-electron chi connectivity index (χ0n) is 6.14. The maximum absolute atomic E-state index is 11.8. The van der Waals surface area contributed by atoms with E-state index in [-0.39, 0.29) is 5.56 Å². The normalized spacial score (nSPS) is 10.9. The molecule has 0 unspecified atom stereocenters. The van der Waals surface area contributed by atoms with Gasteiger partial charge in [-0.1, -0.05) is 0 Å². The van der Waals surface area contributed by atoms with Gasteiger partial charge in [0.2, 0.25) is 0 Å². The molecular weight excluding hydrogens is 185 g/mol. The van der Waals surface area contributed by atoms with Gasteiger partial charge in [0.25, 0.3) is 5.78 Å². The molecule has 0 saturated carbocycles. The third-order valence-corrected chi connectivity index (χ3v) is 1.35. The summed E-state index contributed by atoms with van der Waals surface area (Å²) in [5.74, 6) is -2.03. The predicted molar refractivity (Wildman–Crippen MR) is 35.9 cm³/mol. The molecule has 0 radical (unpaired) electrons. The Morgan fingerprint density at radius 3 is 2.62 bits per heavy atom. The quantitative estimate of drug-likeness (QED) is 0.681. The number of H-pyrrole nitrogens is 1. The minimum atomic E-state index is -4.95. The summed E-state index contributed by atoms with van der Waals surface area (Å²) in [4.78, 5) is 12.7. The van der Waals surface area contributed by atoms with Gasteiger partial charge in [0.15, 0.2) is 0 Å². The van der Waals surface area contributed by atoms with Crippen LogP contribution in [0.4, 0.5) is 13.2 Å². The van der Waals surface area contributed by atoms with Gasteiger partial charge >= 0.3 is 6.18 Å². The molecule has 0 aromatic carbocycles. The first-order valence-corrected chi connectivity index (χ1v) is 3.16. The van der Waals surface area contributed by atoms with Crippen molar-refractivity contribution in [3.8, 4) is 6.07 Å². The molecule has 68 valence electrons. The van der Waals surface area contributed by atoms with E-state index in [4.69, 9.17) is 5.26 Å². The molecule has 0 aliphatic carbocycles. The van der Waals surface area contributed by atoms with Gasteiger partial charge in [-0.2, -0.15) is 18.4 Å². The standard InChI is InChI=1S/C7H3F3N2O/c8-7(9,10)6(13)5-4(3-11)1-2-12-5/h1-2,12H. The number of aromatic amines is 1. The topological polar surface area (TPSA) is 56.6 Å². The lowest BCUT2D eigenvalue weighted by atomic mass is 10.2. The first-order valence-electron chi connectivity index (χ1n) is 3.16. The fourth-order valence-electron chi connectivity index (χ4n) is 0.792. The number of halogens is 3. The number of alkyl halides is 3. The summed E-state index contributed by atoms with van der Waals surface area (Å²) in [5, 5.41) is 8.33. The highest BCUT2D eigenvalue weighted by Crippen LogP contribution is 2.22. The molecule has 1 aromatic rings. The Morgan fingerprint density at radius 2 is 2.15 bits per heavy atom. The molecule has 6 heteroatoms. The van der Waals surface area contributed by atoms with Crippen molar-refractivity contribution >= 4 is 5.78 Å². The molecule has 0 bridgehead atoms. The Bertz CT molecular complexity index is 372. The Hall–Kier alpha value is -1.77. The molecule has 1 aromatic heterocycles. The number of nitrogens with zero attached hydrogens (tertiary/aromatic N) is 1. The minimum absolute atomic E-state index is 0.303. The van der Waals surface area contributed by atoms with Crippen LogP contribution in [0.25, 0.3) is 0 Å². The van der Waals surface area contributed by atoms with Crippen LogP contribution in [0.1, 0.15) is 16.1 Å². The van der Waals surface area contributed by atoms with Gasteiger partial charge in [-0.3, -0.25) is 4.79 Å². The van der Waals surface area contributed by atoms with Crippen LogP contribution in [0.15, 0.2) is 12.3 Å². The monoisotopic (exact) mass is 188 g/mol. The number of carbonyl (C=O) groups is 1. The fraction of sp³-hybridized carbons (Fsp3) is 0.143. The zero-order valence-corrected chi connectivity index (χ0v) is 6.14. The number of hydrogen-bond acceptors (Lipinski definition) is 2. The Kier molecular flexibility index (Phi) is 2.10. The lowest BCUT2D eigenvalue weighted by molar-refractivity contribution is -0.0888. The second kappa shape index (κ2) is 2.94. The van der Waals surface area contributed by atoms with E-state index in [0.29, 0.717) is 0 Å². The number of carbonyl (C=O) groups excluding carboxylic acids is 1. The number of aromatic nitrogens is 1. The Labute approximate surface area is 70.8 Å². The minimum Gasteiger partial charge on any atom is -0.357 e. The fourth-order valence-corrected chi connectivity index (χ4v) is 0.792. The lowest BCUT2D eigenvalue weighted by Gasteiger charge is -2.02. The molecule has 1 N–H and O–H groups in total. The molecule has 0 atom stereocenters. The summed E-state index contributed by atoms with van der Waals surface area (Å²) in [7, 11) is 0. The van der Waals surface area contributed by atoms with E-state index in [0.717, 1.165) is 12.3 Å². The predicted octanol–water partition coefficient (Wildman–Crippen LogP) is 1.63. The molecular formula is C7H3F3N2O. The third-order valence-electron chi connectivity index (χ3n) is 1.35. The van der Waals surface area contributed by atoms with Gasteiger partial charge in [0.1, 0.15) is 11.8 Å². The van der Waals surface area contributed by atoms with E-state index < -0.39 is 17.7 Å². The maximum Gasteiger partial charge on any atom is 0.456 e. The Morgan fingerprint density at radius 1 is 1.54 bits per heavy atom.